The number of urea groups is 1. The molecule has 0 aromatic heterocycles. The number of nitrogens with one attached hydrogen (secondary N) is 1. The van der Waals surface area contributed by atoms with Crippen molar-refractivity contribution in [2.75, 3.05) is 13.2 Å². The summed E-state index contributed by atoms with van der Waals surface area (Å²) in [4.78, 5) is 13.9. The van der Waals surface area contributed by atoms with Gasteiger partial charge in [-0.05, 0) is 43.9 Å². The average Bonchev–Trinajstić information content (AvgIpc) is 2.86. The Bertz CT molecular complexity index is 467. The minimum atomic E-state index is -0.0657. The molecule has 0 radical (unpaired) electrons. The van der Waals surface area contributed by atoms with Crippen molar-refractivity contribution in [3.05, 3.63) is 34.3 Å². The number of benzene rings is 1. The van der Waals surface area contributed by atoms with Crippen molar-refractivity contribution in [1.29, 1.82) is 0 Å². The SMILES string of the molecule is CC(Cc1cccc(Br)c1)NC(=O)N1CCCC1CO. The summed E-state index contributed by atoms with van der Waals surface area (Å²) in [5, 5.41) is 12.3. The highest BCUT2D eigenvalue weighted by Gasteiger charge is 2.28. The van der Waals surface area contributed by atoms with Crippen LogP contribution in [-0.2, 0) is 6.42 Å². The van der Waals surface area contributed by atoms with E-state index in [0.29, 0.717) is 0 Å². The topological polar surface area (TPSA) is 52.6 Å². The molecule has 1 fully saturated rings. The summed E-state index contributed by atoms with van der Waals surface area (Å²) in [5.74, 6) is 0. The van der Waals surface area contributed by atoms with Gasteiger partial charge >= 0.3 is 6.03 Å². The fraction of sp³-hybridized carbons (Fsp3) is 0.533. The van der Waals surface area contributed by atoms with Gasteiger partial charge in [-0.3, -0.25) is 0 Å². The molecule has 1 aromatic carbocycles. The molecule has 2 unspecified atom stereocenters. The van der Waals surface area contributed by atoms with E-state index in [4.69, 9.17) is 0 Å². The van der Waals surface area contributed by atoms with E-state index in [1.54, 1.807) is 4.90 Å². The van der Waals surface area contributed by atoms with Crippen LogP contribution in [-0.4, -0.2) is 41.3 Å². The van der Waals surface area contributed by atoms with E-state index in [9.17, 15) is 9.90 Å². The molecule has 0 saturated carbocycles. The molecular formula is C15H21BrN2O2. The summed E-state index contributed by atoms with van der Waals surface area (Å²) in [6.07, 6.45) is 2.66. The Labute approximate surface area is 128 Å². The van der Waals surface area contributed by atoms with Crippen molar-refractivity contribution in [1.82, 2.24) is 10.2 Å². The lowest BCUT2D eigenvalue weighted by atomic mass is 10.1. The van der Waals surface area contributed by atoms with Crippen molar-refractivity contribution in [3.8, 4) is 0 Å². The second-order valence-electron chi connectivity index (χ2n) is 5.36. The standard InChI is InChI=1S/C15H21BrN2O2/c1-11(8-12-4-2-5-13(16)9-12)17-15(20)18-7-3-6-14(18)10-19/h2,4-5,9,11,14,19H,3,6-8,10H2,1H3,(H,17,20). The molecule has 0 aliphatic carbocycles. The van der Waals surface area contributed by atoms with E-state index in [-0.39, 0.29) is 24.7 Å². The number of aliphatic hydroxyl groups is 1. The maximum absolute atomic E-state index is 12.2. The Morgan fingerprint density at radius 3 is 3.10 bits per heavy atom. The molecule has 0 bridgehead atoms. The molecule has 4 nitrogen and oxygen atoms in total. The molecule has 0 spiro atoms. The van der Waals surface area contributed by atoms with Gasteiger partial charge in [0.15, 0.2) is 0 Å². The Morgan fingerprint density at radius 1 is 1.60 bits per heavy atom. The van der Waals surface area contributed by atoms with Crippen molar-refractivity contribution in [2.24, 2.45) is 0 Å². The first kappa shape index (κ1) is 15.3. The zero-order valence-electron chi connectivity index (χ0n) is 11.7. The maximum Gasteiger partial charge on any atom is 0.317 e. The van der Waals surface area contributed by atoms with Crippen LogP contribution in [0.1, 0.15) is 25.3 Å². The summed E-state index contributed by atoms with van der Waals surface area (Å²) in [5.41, 5.74) is 1.19. The fourth-order valence-electron chi connectivity index (χ4n) is 2.66. The molecule has 2 atom stereocenters. The van der Waals surface area contributed by atoms with Crippen molar-refractivity contribution >= 4 is 22.0 Å². The maximum atomic E-state index is 12.2. The summed E-state index contributed by atoms with van der Waals surface area (Å²) < 4.78 is 1.05. The summed E-state index contributed by atoms with van der Waals surface area (Å²) in [6, 6.07) is 8.09. The molecule has 1 aliphatic rings. The van der Waals surface area contributed by atoms with Crippen LogP contribution in [0.5, 0.6) is 0 Å². The molecule has 2 rings (SSSR count). The first-order valence-corrected chi connectivity index (χ1v) is 7.82. The minimum absolute atomic E-state index is 0.0203. The summed E-state index contributed by atoms with van der Waals surface area (Å²) in [7, 11) is 0. The van der Waals surface area contributed by atoms with Crippen LogP contribution in [0.3, 0.4) is 0 Å². The van der Waals surface area contributed by atoms with E-state index in [1.165, 1.54) is 5.56 Å². The first-order chi connectivity index (χ1) is 9.60. The Kier molecular flexibility index (Phi) is 5.43. The van der Waals surface area contributed by atoms with E-state index < -0.39 is 0 Å². The third-order valence-corrected chi connectivity index (χ3v) is 4.14. The van der Waals surface area contributed by atoms with Gasteiger partial charge in [-0.15, -0.1) is 0 Å². The number of likely N-dealkylation sites (tertiary alicyclic amines) is 1. The molecule has 1 saturated heterocycles. The zero-order valence-corrected chi connectivity index (χ0v) is 13.3. The molecular weight excluding hydrogens is 320 g/mol. The largest absolute Gasteiger partial charge is 0.394 e. The lowest BCUT2D eigenvalue weighted by Crippen LogP contribution is -2.47. The minimum Gasteiger partial charge on any atom is -0.394 e. The van der Waals surface area contributed by atoms with E-state index in [0.717, 1.165) is 30.3 Å². The van der Waals surface area contributed by atoms with Gasteiger partial charge < -0.3 is 15.3 Å². The molecule has 2 N–H and O–H groups in total. The molecule has 110 valence electrons. The smallest absolute Gasteiger partial charge is 0.317 e. The van der Waals surface area contributed by atoms with Gasteiger partial charge in [0.1, 0.15) is 0 Å². The molecule has 1 aliphatic heterocycles. The number of hydrogen-bond acceptors (Lipinski definition) is 2. The van der Waals surface area contributed by atoms with Crippen LogP contribution in [0.4, 0.5) is 4.79 Å². The predicted octanol–water partition coefficient (Wildman–Crippen LogP) is 2.55. The Balaban J connectivity index is 1.88. The van der Waals surface area contributed by atoms with Gasteiger partial charge in [-0.1, -0.05) is 28.1 Å². The highest BCUT2D eigenvalue weighted by molar-refractivity contribution is 9.10. The van der Waals surface area contributed by atoms with Crippen LogP contribution in [0.25, 0.3) is 0 Å². The number of halogens is 1. The van der Waals surface area contributed by atoms with Gasteiger partial charge in [0.2, 0.25) is 0 Å². The van der Waals surface area contributed by atoms with Crippen molar-refractivity contribution in [3.63, 3.8) is 0 Å². The van der Waals surface area contributed by atoms with Crippen LogP contribution < -0.4 is 5.32 Å². The van der Waals surface area contributed by atoms with E-state index in [1.807, 2.05) is 19.1 Å². The van der Waals surface area contributed by atoms with Crippen LogP contribution in [0.15, 0.2) is 28.7 Å². The van der Waals surface area contributed by atoms with Gasteiger partial charge in [-0.2, -0.15) is 0 Å². The van der Waals surface area contributed by atoms with Gasteiger partial charge in [0.25, 0.3) is 0 Å². The Hall–Kier alpha value is -1.07. The zero-order chi connectivity index (χ0) is 14.5. The predicted molar refractivity (Wildman–Crippen MR) is 82.7 cm³/mol. The number of hydrogen-bond donors (Lipinski definition) is 2. The quantitative estimate of drug-likeness (QED) is 0.884. The van der Waals surface area contributed by atoms with Gasteiger partial charge in [0, 0.05) is 17.1 Å². The average molecular weight is 341 g/mol. The number of nitrogens with zero attached hydrogens (tertiary/aromatic N) is 1. The Morgan fingerprint density at radius 2 is 2.40 bits per heavy atom. The second-order valence-corrected chi connectivity index (χ2v) is 6.27. The van der Waals surface area contributed by atoms with Gasteiger partial charge in [-0.25, -0.2) is 4.79 Å². The van der Waals surface area contributed by atoms with Crippen molar-refractivity contribution in [2.45, 2.75) is 38.3 Å². The van der Waals surface area contributed by atoms with Crippen molar-refractivity contribution < 1.29 is 9.90 Å². The second kappa shape index (κ2) is 7.09. The highest BCUT2D eigenvalue weighted by atomic mass is 79.9. The van der Waals surface area contributed by atoms with Crippen LogP contribution in [0, 0.1) is 0 Å². The molecule has 5 heteroatoms. The number of aliphatic hydroxyl groups excluding tert-OH is 1. The number of rotatable bonds is 4. The molecule has 1 aromatic rings. The van der Waals surface area contributed by atoms with E-state index in [2.05, 4.69) is 33.4 Å². The first-order valence-electron chi connectivity index (χ1n) is 7.02. The molecule has 1 heterocycles. The van der Waals surface area contributed by atoms with Gasteiger partial charge in [0.05, 0.1) is 12.6 Å². The normalized spacial score (nSPS) is 19.9. The number of amides is 2. The molecule has 2 amide bonds. The van der Waals surface area contributed by atoms with Crippen LogP contribution in [0.2, 0.25) is 0 Å². The highest BCUT2D eigenvalue weighted by Crippen LogP contribution is 2.17. The number of carbonyl (C=O) groups excluding carboxylic acids is 1. The summed E-state index contributed by atoms with van der Waals surface area (Å²) in [6.45, 7) is 2.79. The monoisotopic (exact) mass is 340 g/mol. The number of carbonyl (C=O) groups is 1. The third-order valence-electron chi connectivity index (χ3n) is 3.65. The van der Waals surface area contributed by atoms with E-state index >= 15 is 0 Å². The lowest BCUT2D eigenvalue weighted by molar-refractivity contribution is 0.155. The van der Waals surface area contributed by atoms with Crippen LogP contribution >= 0.6 is 15.9 Å². The summed E-state index contributed by atoms with van der Waals surface area (Å²) >= 11 is 3.45. The fourth-order valence-corrected chi connectivity index (χ4v) is 3.10. The lowest BCUT2D eigenvalue weighted by Gasteiger charge is -2.25. The third kappa shape index (κ3) is 3.96. The molecule has 20 heavy (non-hydrogen) atoms.